The van der Waals surface area contributed by atoms with Crippen LogP contribution in [0, 0.1) is 19.8 Å². The SMILES string of the molecule is Cc1ncc(C(=O)N2CCCC(=O)N[C@@H](Cc3ccccc3)C(=O)N[C@H](C(C)C)c3nc(C)nn3CC2)c(-c2ccccc2)n1. The first-order valence-electron chi connectivity index (χ1n) is 15.4. The molecule has 45 heavy (non-hydrogen) atoms. The molecule has 2 aromatic carbocycles. The minimum atomic E-state index is -0.780. The Hall–Kier alpha value is -4.93. The van der Waals surface area contributed by atoms with Crippen molar-refractivity contribution >= 4 is 17.7 Å². The third-order valence-corrected chi connectivity index (χ3v) is 7.87. The lowest BCUT2D eigenvalue weighted by Crippen LogP contribution is -2.50. The molecule has 0 fully saturated rings. The number of benzene rings is 2. The van der Waals surface area contributed by atoms with Gasteiger partial charge in [0.15, 0.2) is 0 Å². The van der Waals surface area contributed by atoms with Crippen molar-refractivity contribution in [1.82, 2.24) is 40.3 Å². The van der Waals surface area contributed by atoms with E-state index in [1.807, 2.05) is 81.4 Å². The normalized spacial score (nSPS) is 18.1. The Morgan fingerprint density at radius 1 is 0.911 bits per heavy atom. The Balaban J connectivity index is 1.48. The third-order valence-electron chi connectivity index (χ3n) is 7.87. The molecule has 0 bridgehead atoms. The van der Waals surface area contributed by atoms with E-state index in [0.29, 0.717) is 61.2 Å². The van der Waals surface area contributed by atoms with E-state index in [9.17, 15) is 14.4 Å². The lowest BCUT2D eigenvalue weighted by Gasteiger charge is -2.28. The van der Waals surface area contributed by atoms with Gasteiger partial charge in [-0.1, -0.05) is 74.5 Å². The minimum absolute atomic E-state index is 0.0202. The molecule has 3 amide bonds. The van der Waals surface area contributed by atoms with Crippen LogP contribution < -0.4 is 10.6 Å². The number of fused-ring (bicyclic) bond motifs is 1. The lowest BCUT2D eigenvalue weighted by atomic mass is 10.0. The standard InChI is InChI=1S/C34H40N8O3/c1-22(2)30-32-37-24(4)40-42(32)19-18-41(34(45)27-21-35-23(3)36-31(27)26-14-9-6-10-15-26)17-11-16-29(43)38-28(33(44)39-30)20-25-12-7-5-8-13-25/h5-10,12-15,21-22,28,30H,11,16-20H2,1-4H3,(H,38,43)(H,39,44)/t28-,30+/m0/s1. The van der Waals surface area contributed by atoms with Gasteiger partial charge in [0, 0.05) is 37.7 Å². The molecule has 234 valence electrons. The molecule has 1 aliphatic heterocycles. The van der Waals surface area contributed by atoms with Crippen molar-refractivity contribution in [2.24, 2.45) is 5.92 Å². The predicted molar refractivity (Wildman–Crippen MR) is 170 cm³/mol. The highest BCUT2D eigenvalue weighted by Crippen LogP contribution is 2.24. The van der Waals surface area contributed by atoms with E-state index in [1.165, 1.54) is 0 Å². The molecule has 5 rings (SSSR count). The topological polar surface area (TPSA) is 135 Å². The van der Waals surface area contributed by atoms with Crippen LogP contribution in [0.15, 0.2) is 66.9 Å². The van der Waals surface area contributed by atoms with Crippen molar-refractivity contribution < 1.29 is 14.4 Å². The number of hydrogen-bond acceptors (Lipinski definition) is 7. The third kappa shape index (κ3) is 7.78. The lowest BCUT2D eigenvalue weighted by molar-refractivity contribution is -0.129. The van der Waals surface area contributed by atoms with Gasteiger partial charge < -0.3 is 15.5 Å². The van der Waals surface area contributed by atoms with Gasteiger partial charge in [0.1, 0.15) is 23.5 Å². The molecule has 2 aromatic heterocycles. The number of carbonyl (C=O) groups is 3. The van der Waals surface area contributed by atoms with Gasteiger partial charge in [0.25, 0.3) is 5.91 Å². The number of hydrogen-bond donors (Lipinski definition) is 2. The van der Waals surface area contributed by atoms with E-state index in [0.717, 1.165) is 11.1 Å². The molecule has 0 radical (unpaired) electrons. The number of nitrogens with zero attached hydrogens (tertiary/aromatic N) is 6. The molecule has 0 unspecified atom stereocenters. The van der Waals surface area contributed by atoms with E-state index < -0.39 is 12.1 Å². The van der Waals surface area contributed by atoms with Gasteiger partial charge in [-0.3, -0.25) is 14.4 Å². The first kappa shape index (κ1) is 31.5. The molecule has 1 aliphatic rings. The highest BCUT2D eigenvalue weighted by molar-refractivity contribution is 5.99. The smallest absolute Gasteiger partial charge is 0.257 e. The summed E-state index contributed by atoms with van der Waals surface area (Å²) >= 11 is 0. The van der Waals surface area contributed by atoms with Crippen LogP contribution in [0.5, 0.6) is 0 Å². The summed E-state index contributed by atoms with van der Waals surface area (Å²) in [4.78, 5) is 56.4. The second-order valence-corrected chi connectivity index (χ2v) is 11.7. The summed E-state index contributed by atoms with van der Waals surface area (Å²) in [6, 6.07) is 17.9. The summed E-state index contributed by atoms with van der Waals surface area (Å²) in [5.74, 6) is 0.966. The van der Waals surface area contributed by atoms with E-state index in [2.05, 4.69) is 25.7 Å². The van der Waals surface area contributed by atoms with Crippen molar-refractivity contribution in [3.05, 3.63) is 95.5 Å². The number of amides is 3. The van der Waals surface area contributed by atoms with Crippen LogP contribution in [0.4, 0.5) is 0 Å². The Labute approximate surface area is 263 Å². The van der Waals surface area contributed by atoms with Crippen molar-refractivity contribution in [2.45, 2.75) is 65.6 Å². The van der Waals surface area contributed by atoms with Crippen LogP contribution >= 0.6 is 0 Å². The van der Waals surface area contributed by atoms with Gasteiger partial charge in [-0.2, -0.15) is 5.10 Å². The molecular weight excluding hydrogens is 568 g/mol. The Morgan fingerprint density at radius 2 is 1.62 bits per heavy atom. The van der Waals surface area contributed by atoms with Gasteiger partial charge in [0.05, 0.1) is 23.8 Å². The van der Waals surface area contributed by atoms with E-state index >= 15 is 0 Å². The molecular formula is C34H40N8O3. The summed E-state index contributed by atoms with van der Waals surface area (Å²) in [6.45, 7) is 8.61. The molecule has 4 aromatic rings. The van der Waals surface area contributed by atoms with Crippen molar-refractivity contribution in [3.63, 3.8) is 0 Å². The van der Waals surface area contributed by atoms with Gasteiger partial charge >= 0.3 is 0 Å². The largest absolute Gasteiger partial charge is 0.344 e. The maximum atomic E-state index is 14.2. The first-order valence-corrected chi connectivity index (χ1v) is 15.4. The molecule has 0 spiro atoms. The molecule has 2 N–H and O–H groups in total. The summed E-state index contributed by atoms with van der Waals surface area (Å²) in [7, 11) is 0. The average Bonchev–Trinajstić information content (AvgIpc) is 3.40. The van der Waals surface area contributed by atoms with E-state index in [-0.39, 0.29) is 30.1 Å². The highest BCUT2D eigenvalue weighted by atomic mass is 16.2. The minimum Gasteiger partial charge on any atom is -0.344 e. The highest BCUT2D eigenvalue weighted by Gasteiger charge is 2.30. The fourth-order valence-electron chi connectivity index (χ4n) is 5.55. The fraction of sp³-hybridized carbons (Fsp3) is 0.382. The Bertz CT molecular complexity index is 1640. The number of aryl methyl sites for hydroxylation is 2. The van der Waals surface area contributed by atoms with Crippen molar-refractivity contribution in [2.75, 3.05) is 13.1 Å². The predicted octanol–water partition coefficient (Wildman–Crippen LogP) is 3.83. The number of nitrogens with one attached hydrogen (secondary N) is 2. The molecule has 0 saturated heterocycles. The van der Waals surface area contributed by atoms with Crippen LogP contribution in [0.25, 0.3) is 11.3 Å². The summed E-state index contributed by atoms with van der Waals surface area (Å²) in [5, 5.41) is 10.7. The summed E-state index contributed by atoms with van der Waals surface area (Å²) < 4.78 is 1.78. The van der Waals surface area contributed by atoms with Gasteiger partial charge in [-0.25, -0.2) is 19.6 Å². The average molecular weight is 609 g/mol. The van der Waals surface area contributed by atoms with Crippen molar-refractivity contribution in [3.8, 4) is 11.3 Å². The Morgan fingerprint density at radius 3 is 2.33 bits per heavy atom. The maximum Gasteiger partial charge on any atom is 0.257 e. The Kier molecular flexibility index (Phi) is 9.96. The fourth-order valence-corrected chi connectivity index (χ4v) is 5.55. The molecule has 0 aliphatic carbocycles. The number of rotatable bonds is 5. The zero-order valence-electron chi connectivity index (χ0n) is 26.2. The molecule has 2 atom stereocenters. The first-order chi connectivity index (χ1) is 21.7. The van der Waals surface area contributed by atoms with Crippen molar-refractivity contribution in [1.29, 1.82) is 0 Å². The quantitative estimate of drug-likeness (QED) is 0.352. The van der Waals surface area contributed by atoms with E-state index in [1.54, 1.807) is 22.7 Å². The molecule has 3 heterocycles. The second kappa shape index (κ2) is 14.2. The summed E-state index contributed by atoms with van der Waals surface area (Å²) in [6.07, 6.45) is 2.48. The van der Waals surface area contributed by atoms with Gasteiger partial charge in [-0.05, 0) is 31.7 Å². The van der Waals surface area contributed by atoms with Gasteiger partial charge in [0.2, 0.25) is 11.8 Å². The van der Waals surface area contributed by atoms with Gasteiger partial charge in [-0.15, -0.1) is 0 Å². The van der Waals surface area contributed by atoms with Crippen LogP contribution in [-0.2, 0) is 22.6 Å². The molecule has 0 saturated carbocycles. The van der Waals surface area contributed by atoms with E-state index in [4.69, 9.17) is 4.98 Å². The zero-order chi connectivity index (χ0) is 31.9. The number of aromatic nitrogens is 5. The number of carbonyl (C=O) groups excluding carboxylic acids is 3. The zero-order valence-corrected chi connectivity index (χ0v) is 26.2. The maximum absolute atomic E-state index is 14.2. The molecule has 11 heteroatoms. The second-order valence-electron chi connectivity index (χ2n) is 11.7. The van der Waals surface area contributed by atoms with Crippen LogP contribution in [0.3, 0.4) is 0 Å². The molecule has 11 nitrogen and oxygen atoms in total. The van der Waals surface area contributed by atoms with Crippen LogP contribution in [0.1, 0.15) is 66.1 Å². The van der Waals surface area contributed by atoms with Crippen LogP contribution in [-0.4, -0.2) is 66.5 Å². The summed E-state index contributed by atoms with van der Waals surface area (Å²) in [5.41, 5.74) is 2.71. The van der Waals surface area contributed by atoms with Crippen LogP contribution in [0.2, 0.25) is 0 Å². The monoisotopic (exact) mass is 608 g/mol.